The number of alkyl halides is 3. The highest BCUT2D eigenvalue weighted by Gasteiger charge is 2.34. The van der Waals surface area contributed by atoms with Gasteiger partial charge in [0.2, 0.25) is 0 Å². The first-order valence-electron chi connectivity index (χ1n) is 3.57. The number of hydrogen-bond donors (Lipinski definition) is 3. The standard InChI is InChI=1S/C8H7F3N2O/c9-8(10,11)6-2-1-4(14)3-5(6)7(12)13/h1-3,14H,(H3,12,13). The number of nitrogen functional groups attached to an aromatic ring is 1. The van der Waals surface area contributed by atoms with Crippen molar-refractivity contribution in [2.45, 2.75) is 6.18 Å². The summed E-state index contributed by atoms with van der Waals surface area (Å²) in [6.45, 7) is 0. The van der Waals surface area contributed by atoms with Gasteiger partial charge in [0.15, 0.2) is 0 Å². The summed E-state index contributed by atoms with van der Waals surface area (Å²) in [6.07, 6.45) is -4.57. The molecular formula is C8H7F3N2O. The molecule has 0 radical (unpaired) electrons. The van der Waals surface area contributed by atoms with E-state index in [4.69, 9.17) is 16.2 Å². The van der Waals surface area contributed by atoms with E-state index >= 15 is 0 Å². The second kappa shape index (κ2) is 3.21. The van der Waals surface area contributed by atoms with Crippen molar-refractivity contribution in [1.29, 1.82) is 5.41 Å². The lowest BCUT2D eigenvalue weighted by Gasteiger charge is -2.11. The third kappa shape index (κ3) is 1.95. The highest BCUT2D eigenvalue weighted by Crippen LogP contribution is 2.33. The smallest absolute Gasteiger partial charge is 0.417 e. The molecule has 6 heteroatoms. The molecule has 0 saturated carbocycles. The highest BCUT2D eigenvalue weighted by molar-refractivity contribution is 5.97. The number of phenols is 1. The molecular weight excluding hydrogens is 197 g/mol. The van der Waals surface area contributed by atoms with Crippen molar-refractivity contribution in [3.8, 4) is 5.75 Å². The van der Waals surface area contributed by atoms with Crippen molar-refractivity contribution in [3.63, 3.8) is 0 Å². The molecule has 0 aromatic heterocycles. The van der Waals surface area contributed by atoms with Gasteiger partial charge in [-0.2, -0.15) is 13.2 Å². The van der Waals surface area contributed by atoms with Gasteiger partial charge in [0.05, 0.1) is 5.56 Å². The van der Waals surface area contributed by atoms with Crippen LogP contribution in [0.5, 0.6) is 5.75 Å². The number of hydrogen-bond acceptors (Lipinski definition) is 2. The Hall–Kier alpha value is -1.72. The van der Waals surface area contributed by atoms with Gasteiger partial charge in [0.25, 0.3) is 0 Å². The monoisotopic (exact) mass is 204 g/mol. The topological polar surface area (TPSA) is 70.1 Å². The molecule has 0 heterocycles. The quantitative estimate of drug-likeness (QED) is 0.481. The molecule has 1 aromatic carbocycles. The average molecular weight is 204 g/mol. The predicted molar refractivity (Wildman–Crippen MR) is 44.1 cm³/mol. The average Bonchev–Trinajstić information content (AvgIpc) is 2.01. The van der Waals surface area contributed by atoms with Gasteiger partial charge in [-0.25, -0.2) is 0 Å². The minimum Gasteiger partial charge on any atom is -0.508 e. The van der Waals surface area contributed by atoms with Crippen LogP contribution in [0.2, 0.25) is 0 Å². The van der Waals surface area contributed by atoms with Crippen LogP contribution in [0, 0.1) is 5.41 Å². The third-order valence-corrected chi connectivity index (χ3v) is 1.60. The minimum atomic E-state index is -4.57. The summed E-state index contributed by atoms with van der Waals surface area (Å²) in [5.74, 6) is -1.09. The Morgan fingerprint density at radius 3 is 2.36 bits per heavy atom. The lowest BCUT2D eigenvalue weighted by Crippen LogP contribution is -2.18. The Kier molecular flexibility index (Phi) is 2.37. The number of rotatable bonds is 1. The van der Waals surface area contributed by atoms with E-state index in [1.54, 1.807) is 0 Å². The number of amidine groups is 1. The molecule has 0 fully saturated rings. The summed E-state index contributed by atoms with van der Waals surface area (Å²) < 4.78 is 36.9. The summed E-state index contributed by atoms with van der Waals surface area (Å²) in [5.41, 5.74) is 3.41. The Morgan fingerprint density at radius 2 is 1.93 bits per heavy atom. The zero-order chi connectivity index (χ0) is 10.9. The summed E-state index contributed by atoms with van der Waals surface area (Å²) in [6, 6.07) is 2.40. The van der Waals surface area contributed by atoms with Crippen LogP contribution in [0.4, 0.5) is 13.2 Å². The molecule has 0 aliphatic heterocycles. The van der Waals surface area contributed by atoms with Gasteiger partial charge in [-0.3, -0.25) is 5.41 Å². The number of halogens is 3. The van der Waals surface area contributed by atoms with Gasteiger partial charge in [-0.15, -0.1) is 0 Å². The van der Waals surface area contributed by atoms with Gasteiger partial charge in [-0.05, 0) is 18.2 Å². The van der Waals surface area contributed by atoms with Crippen molar-refractivity contribution < 1.29 is 18.3 Å². The zero-order valence-electron chi connectivity index (χ0n) is 6.89. The largest absolute Gasteiger partial charge is 0.508 e. The van der Waals surface area contributed by atoms with Gasteiger partial charge in [0, 0.05) is 5.56 Å². The molecule has 0 amide bonds. The first-order valence-corrected chi connectivity index (χ1v) is 3.57. The van der Waals surface area contributed by atoms with E-state index in [-0.39, 0.29) is 5.75 Å². The molecule has 76 valence electrons. The SMILES string of the molecule is N=C(N)c1cc(O)ccc1C(F)(F)F. The van der Waals surface area contributed by atoms with Crippen LogP contribution >= 0.6 is 0 Å². The Morgan fingerprint density at radius 1 is 1.36 bits per heavy atom. The number of nitrogens with two attached hydrogens (primary N) is 1. The van der Waals surface area contributed by atoms with E-state index in [1.807, 2.05) is 0 Å². The van der Waals surface area contributed by atoms with E-state index in [2.05, 4.69) is 0 Å². The summed E-state index contributed by atoms with van der Waals surface area (Å²) in [5, 5.41) is 15.9. The van der Waals surface area contributed by atoms with Crippen LogP contribution in [0.15, 0.2) is 18.2 Å². The Bertz CT molecular complexity index is 373. The van der Waals surface area contributed by atoms with Crippen molar-refractivity contribution in [2.24, 2.45) is 5.73 Å². The maximum Gasteiger partial charge on any atom is 0.417 e. The minimum absolute atomic E-state index is 0.358. The van der Waals surface area contributed by atoms with Crippen LogP contribution in [0.25, 0.3) is 0 Å². The molecule has 0 aliphatic carbocycles. The Balaban J connectivity index is 3.37. The molecule has 1 aromatic rings. The molecule has 0 aliphatic rings. The van der Waals surface area contributed by atoms with Crippen molar-refractivity contribution in [1.82, 2.24) is 0 Å². The molecule has 14 heavy (non-hydrogen) atoms. The summed E-state index contributed by atoms with van der Waals surface area (Å²) in [7, 11) is 0. The second-order valence-corrected chi connectivity index (χ2v) is 2.64. The Labute approximate surface area is 77.5 Å². The molecule has 3 nitrogen and oxygen atoms in total. The molecule has 1 rings (SSSR count). The van der Waals surface area contributed by atoms with Gasteiger partial charge in [-0.1, -0.05) is 0 Å². The molecule has 0 bridgehead atoms. The van der Waals surface area contributed by atoms with E-state index in [0.29, 0.717) is 6.07 Å². The van der Waals surface area contributed by atoms with Crippen molar-refractivity contribution >= 4 is 5.84 Å². The lowest BCUT2D eigenvalue weighted by atomic mass is 10.1. The van der Waals surface area contributed by atoms with Crippen molar-refractivity contribution in [3.05, 3.63) is 29.3 Å². The zero-order valence-corrected chi connectivity index (χ0v) is 6.89. The van der Waals surface area contributed by atoms with Gasteiger partial charge < -0.3 is 10.8 Å². The summed E-state index contributed by atoms with van der Waals surface area (Å²) >= 11 is 0. The molecule has 0 atom stereocenters. The second-order valence-electron chi connectivity index (χ2n) is 2.64. The first kappa shape index (κ1) is 10.4. The number of phenolic OH excluding ortho intramolecular Hbond substituents is 1. The van der Waals surface area contributed by atoms with Gasteiger partial charge in [0.1, 0.15) is 11.6 Å². The fraction of sp³-hybridized carbons (Fsp3) is 0.125. The maximum atomic E-state index is 12.3. The first-order chi connectivity index (χ1) is 6.32. The fourth-order valence-electron chi connectivity index (χ4n) is 1.00. The van der Waals surface area contributed by atoms with E-state index in [9.17, 15) is 13.2 Å². The summed E-state index contributed by atoms with van der Waals surface area (Å²) in [4.78, 5) is 0. The molecule has 0 spiro atoms. The van der Waals surface area contributed by atoms with Crippen LogP contribution in [-0.4, -0.2) is 10.9 Å². The molecule has 0 unspecified atom stereocenters. The van der Waals surface area contributed by atoms with Crippen LogP contribution in [-0.2, 0) is 6.18 Å². The number of nitrogens with one attached hydrogen (secondary N) is 1. The molecule has 0 saturated heterocycles. The van der Waals surface area contributed by atoms with E-state index in [0.717, 1.165) is 12.1 Å². The molecule has 4 N–H and O–H groups in total. The number of benzene rings is 1. The predicted octanol–water partition coefficient (Wildman–Crippen LogP) is 1.70. The third-order valence-electron chi connectivity index (χ3n) is 1.60. The van der Waals surface area contributed by atoms with Crippen LogP contribution in [0.3, 0.4) is 0 Å². The van der Waals surface area contributed by atoms with Crippen LogP contribution in [0.1, 0.15) is 11.1 Å². The normalized spacial score (nSPS) is 11.4. The van der Waals surface area contributed by atoms with E-state index in [1.165, 1.54) is 0 Å². The van der Waals surface area contributed by atoms with E-state index < -0.39 is 23.1 Å². The maximum absolute atomic E-state index is 12.3. The highest BCUT2D eigenvalue weighted by atomic mass is 19.4. The fourth-order valence-corrected chi connectivity index (χ4v) is 1.00. The lowest BCUT2D eigenvalue weighted by molar-refractivity contribution is -0.137. The van der Waals surface area contributed by atoms with Crippen molar-refractivity contribution in [2.75, 3.05) is 0 Å². The van der Waals surface area contributed by atoms with Gasteiger partial charge >= 0.3 is 6.18 Å². The van der Waals surface area contributed by atoms with Crippen LogP contribution < -0.4 is 5.73 Å². The number of aromatic hydroxyl groups is 1.